The third-order valence-corrected chi connectivity index (χ3v) is 15.0. The summed E-state index contributed by atoms with van der Waals surface area (Å²) < 4.78 is 73.5. The molecule has 248 valence electrons. The van der Waals surface area contributed by atoms with Crippen molar-refractivity contribution >= 4 is 37.0 Å². The second kappa shape index (κ2) is 10.4. The predicted molar refractivity (Wildman–Crippen MR) is 179 cm³/mol. The van der Waals surface area contributed by atoms with Crippen LogP contribution < -0.4 is 4.18 Å². The third-order valence-electron chi connectivity index (χ3n) is 12.1. The Balaban J connectivity index is 0.987. The number of carbonyl (C=O) groups excluding carboxylic acids is 1. The molecular formula is C38H36O8S2. The zero-order valence-electron chi connectivity index (χ0n) is 26.2. The first-order valence-electron chi connectivity index (χ1n) is 16.7. The maximum absolute atomic E-state index is 14.3. The quantitative estimate of drug-likeness (QED) is 0.126. The Labute approximate surface area is 280 Å². The lowest BCUT2D eigenvalue weighted by Gasteiger charge is -2.60. The molecule has 0 heterocycles. The second-order valence-electron chi connectivity index (χ2n) is 15.0. The minimum absolute atomic E-state index is 0.0298. The summed E-state index contributed by atoms with van der Waals surface area (Å²) in [5.74, 6) is -0.0156. The van der Waals surface area contributed by atoms with Gasteiger partial charge in [-0.3, -0.25) is 9.35 Å². The number of rotatable bonds is 7. The number of hydrogen-bond donors (Lipinski definition) is 1. The van der Waals surface area contributed by atoms with Crippen molar-refractivity contribution in [2.75, 3.05) is 6.61 Å². The standard InChI is InChI=1S/C38H36O8S2/c39-36(32-16-31-25-7-1-5-11-29(25)35(32)30-12-6-2-8-26(30)31)45-22-37-17-23-15-24(18-37)20-38(19-23,21-37)48(43,44)46-33-13-14-34(47(40,41)42)28-10-4-3-9-27(28)33/h1-14,23-24,31-32,35H,15-22H2,(H,40,41,42). The topological polar surface area (TPSA) is 124 Å². The summed E-state index contributed by atoms with van der Waals surface area (Å²) in [4.78, 5) is 13.7. The molecule has 0 radical (unpaired) electrons. The first-order chi connectivity index (χ1) is 23.0. The molecule has 0 aromatic heterocycles. The van der Waals surface area contributed by atoms with Crippen LogP contribution in [0.3, 0.4) is 0 Å². The number of fused-ring (bicyclic) bond motifs is 2. The van der Waals surface area contributed by atoms with Crippen molar-refractivity contribution < 1.29 is 35.1 Å². The molecule has 0 aliphatic heterocycles. The van der Waals surface area contributed by atoms with Crippen molar-refractivity contribution in [1.82, 2.24) is 0 Å². The number of hydrogen-bond acceptors (Lipinski definition) is 7. The van der Waals surface area contributed by atoms with Crippen molar-refractivity contribution in [3.63, 3.8) is 0 Å². The van der Waals surface area contributed by atoms with E-state index in [9.17, 15) is 26.2 Å². The molecule has 7 aliphatic rings. The summed E-state index contributed by atoms with van der Waals surface area (Å²) in [6.07, 6.45) is 4.63. The minimum Gasteiger partial charge on any atom is -0.465 e. The molecule has 3 atom stereocenters. The van der Waals surface area contributed by atoms with Gasteiger partial charge in [0.15, 0.2) is 5.75 Å². The Morgan fingerprint density at radius 1 is 0.729 bits per heavy atom. The molecule has 3 unspecified atom stereocenters. The van der Waals surface area contributed by atoms with E-state index >= 15 is 0 Å². The van der Waals surface area contributed by atoms with Crippen LogP contribution in [-0.4, -0.2) is 38.7 Å². The maximum Gasteiger partial charge on any atom is 0.315 e. The lowest BCUT2D eigenvalue weighted by atomic mass is 9.49. The van der Waals surface area contributed by atoms with Crippen LogP contribution in [0.25, 0.3) is 10.8 Å². The van der Waals surface area contributed by atoms with Crippen molar-refractivity contribution in [3.8, 4) is 5.75 Å². The number of esters is 1. The average molecular weight is 685 g/mol. The fraction of sp³-hybridized carbons (Fsp3) is 0.395. The molecule has 1 N–H and O–H groups in total. The average Bonchev–Trinajstić information content (AvgIpc) is 3.06. The molecule has 48 heavy (non-hydrogen) atoms. The highest BCUT2D eigenvalue weighted by Crippen LogP contribution is 2.64. The van der Waals surface area contributed by atoms with Gasteiger partial charge in [-0.25, -0.2) is 0 Å². The Hall–Kier alpha value is -3.73. The van der Waals surface area contributed by atoms with Gasteiger partial charge < -0.3 is 8.92 Å². The van der Waals surface area contributed by atoms with Gasteiger partial charge >= 0.3 is 16.1 Å². The van der Waals surface area contributed by atoms with E-state index in [4.69, 9.17) is 8.92 Å². The summed E-state index contributed by atoms with van der Waals surface area (Å²) in [7, 11) is -8.73. The highest BCUT2D eigenvalue weighted by molar-refractivity contribution is 7.88. The molecule has 4 aromatic carbocycles. The van der Waals surface area contributed by atoms with Gasteiger partial charge in [-0.1, -0.05) is 72.8 Å². The monoisotopic (exact) mass is 684 g/mol. The first-order valence-corrected chi connectivity index (χ1v) is 19.6. The van der Waals surface area contributed by atoms with Gasteiger partial charge in [0.25, 0.3) is 10.1 Å². The van der Waals surface area contributed by atoms with Crippen LogP contribution >= 0.6 is 0 Å². The lowest BCUT2D eigenvalue weighted by molar-refractivity contribution is -0.160. The first kappa shape index (κ1) is 30.3. The highest BCUT2D eigenvalue weighted by atomic mass is 32.2. The van der Waals surface area contributed by atoms with Crippen molar-refractivity contribution in [1.29, 1.82) is 0 Å². The van der Waals surface area contributed by atoms with Gasteiger partial charge in [0, 0.05) is 28.0 Å². The molecule has 4 fully saturated rings. The summed E-state index contributed by atoms with van der Waals surface area (Å²) in [5.41, 5.74) is 4.53. The molecule has 0 saturated heterocycles. The van der Waals surface area contributed by atoms with Crippen LogP contribution in [0.5, 0.6) is 5.75 Å². The Morgan fingerprint density at radius 3 is 1.94 bits per heavy atom. The van der Waals surface area contributed by atoms with Gasteiger partial charge in [-0.05, 0) is 91.2 Å². The smallest absolute Gasteiger partial charge is 0.315 e. The van der Waals surface area contributed by atoms with Gasteiger partial charge in [-0.2, -0.15) is 16.8 Å². The number of ether oxygens (including phenoxy) is 1. The molecule has 4 aromatic rings. The number of carbonyl (C=O) groups is 1. The molecule has 10 heteroatoms. The molecule has 7 aliphatic carbocycles. The minimum atomic E-state index is -4.54. The maximum atomic E-state index is 14.3. The lowest BCUT2D eigenvalue weighted by Crippen LogP contribution is -2.61. The van der Waals surface area contributed by atoms with Crippen LogP contribution in [0, 0.1) is 23.2 Å². The largest absolute Gasteiger partial charge is 0.465 e. The summed E-state index contributed by atoms with van der Waals surface area (Å²) in [6.45, 7) is 0.194. The predicted octanol–water partition coefficient (Wildman–Crippen LogP) is 6.97. The number of benzene rings is 4. The van der Waals surface area contributed by atoms with Crippen LogP contribution in [-0.2, 0) is 29.8 Å². The van der Waals surface area contributed by atoms with E-state index in [2.05, 4.69) is 36.4 Å². The van der Waals surface area contributed by atoms with Crippen molar-refractivity contribution in [2.45, 2.75) is 66.4 Å². The van der Waals surface area contributed by atoms with E-state index in [1.54, 1.807) is 18.2 Å². The third kappa shape index (κ3) is 4.52. The molecular weight excluding hydrogens is 649 g/mol. The van der Waals surface area contributed by atoms with Gasteiger partial charge in [0.05, 0.1) is 12.5 Å². The van der Waals surface area contributed by atoms with E-state index in [0.29, 0.717) is 25.7 Å². The van der Waals surface area contributed by atoms with Crippen LogP contribution in [0.4, 0.5) is 0 Å². The summed E-state index contributed by atoms with van der Waals surface area (Å²) in [6, 6.07) is 25.7. The molecule has 0 amide bonds. The normalized spacial score (nSPS) is 31.3. The zero-order valence-corrected chi connectivity index (χ0v) is 27.9. The van der Waals surface area contributed by atoms with Crippen LogP contribution in [0.1, 0.15) is 79.0 Å². The van der Waals surface area contributed by atoms with Gasteiger partial charge in [0.1, 0.15) is 9.64 Å². The van der Waals surface area contributed by atoms with E-state index in [1.807, 2.05) is 12.1 Å². The molecule has 8 nitrogen and oxygen atoms in total. The van der Waals surface area contributed by atoms with Crippen molar-refractivity contribution in [2.24, 2.45) is 23.2 Å². The molecule has 6 bridgehead atoms. The zero-order chi connectivity index (χ0) is 33.1. The second-order valence-corrected chi connectivity index (χ2v) is 18.3. The fourth-order valence-corrected chi connectivity index (χ4v) is 13.4. The Morgan fingerprint density at radius 2 is 1.31 bits per heavy atom. The van der Waals surface area contributed by atoms with E-state index in [0.717, 1.165) is 19.3 Å². The van der Waals surface area contributed by atoms with Crippen LogP contribution in [0.15, 0.2) is 89.8 Å². The Kier molecular flexibility index (Phi) is 6.57. The molecule has 0 spiro atoms. The molecule has 4 saturated carbocycles. The Bertz CT molecular complexity index is 2160. The summed E-state index contributed by atoms with van der Waals surface area (Å²) in [5, 5.41) is 0.470. The van der Waals surface area contributed by atoms with Gasteiger partial charge in [0.2, 0.25) is 0 Å². The molecule has 11 rings (SSSR count). The van der Waals surface area contributed by atoms with Crippen molar-refractivity contribution in [3.05, 3.63) is 107 Å². The van der Waals surface area contributed by atoms with E-state index < -0.39 is 30.4 Å². The SMILES string of the molecule is O=C(OCC12CC3CC(C1)CC(S(=O)(=O)Oc1ccc(S(=O)(=O)O)c4ccccc14)(C3)C2)C1CC2c3ccccc3C1c1ccccc12. The van der Waals surface area contributed by atoms with E-state index in [1.165, 1.54) is 40.5 Å². The van der Waals surface area contributed by atoms with Gasteiger partial charge in [-0.15, -0.1) is 0 Å². The highest BCUT2D eigenvalue weighted by Gasteiger charge is 2.64. The van der Waals surface area contributed by atoms with Crippen LogP contribution in [0.2, 0.25) is 0 Å². The van der Waals surface area contributed by atoms with E-state index in [-0.39, 0.29) is 63.6 Å². The summed E-state index contributed by atoms with van der Waals surface area (Å²) >= 11 is 0. The fourth-order valence-electron chi connectivity index (χ4n) is 10.8.